The fourth-order valence-electron chi connectivity index (χ4n) is 3.82. The predicted molar refractivity (Wildman–Crippen MR) is 116 cm³/mol. The average Bonchev–Trinajstić information content (AvgIpc) is 3.19. The minimum atomic E-state index is 0.136. The lowest BCUT2D eigenvalue weighted by Gasteiger charge is -2.34. The van der Waals surface area contributed by atoms with Gasteiger partial charge in [-0.15, -0.1) is 0 Å². The molecule has 7 nitrogen and oxygen atoms in total. The van der Waals surface area contributed by atoms with Crippen molar-refractivity contribution in [2.45, 2.75) is 32.2 Å². The molecule has 1 fully saturated rings. The molecule has 1 aliphatic heterocycles. The standard InChI is InChI=1S/C22H32N6O/c1-23-21(29)16-18-9-13-27(14-10-18)22(24-2)26-11-8-20-25-12-15-28(20)17-19-6-4-3-5-7-19/h3-7,12,15,18H,8-11,13-14,16-17H2,1-2H3,(H,23,29)(H,24,26). The van der Waals surface area contributed by atoms with E-state index in [1.54, 1.807) is 7.05 Å². The van der Waals surface area contributed by atoms with Crippen molar-refractivity contribution in [3.8, 4) is 0 Å². The number of piperidine rings is 1. The molecule has 0 unspecified atom stereocenters. The zero-order valence-corrected chi connectivity index (χ0v) is 17.5. The van der Waals surface area contributed by atoms with Gasteiger partial charge in [-0.1, -0.05) is 30.3 Å². The highest BCUT2D eigenvalue weighted by Gasteiger charge is 2.23. The molecule has 0 radical (unpaired) electrons. The Balaban J connectivity index is 1.45. The van der Waals surface area contributed by atoms with Gasteiger partial charge in [-0.2, -0.15) is 0 Å². The van der Waals surface area contributed by atoms with E-state index in [0.717, 1.165) is 57.2 Å². The number of benzene rings is 1. The zero-order chi connectivity index (χ0) is 20.5. The summed E-state index contributed by atoms with van der Waals surface area (Å²) < 4.78 is 2.20. The van der Waals surface area contributed by atoms with E-state index in [0.29, 0.717) is 12.3 Å². The summed E-state index contributed by atoms with van der Waals surface area (Å²) in [5, 5.41) is 6.20. The fraction of sp³-hybridized carbons (Fsp3) is 0.500. The van der Waals surface area contributed by atoms with Crippen LogP contribution in [0.25, 0.3) is 0 Å². The molecule has 0 bridgehead atoms. The van der Waals surface area contributed by atoms with Crippen molar-refractivity contribution in [1.29, 1.82) is 0 Å². The molecule has 1 aliphatic rings. The second kappa shape index (κ2) is 10.6. The van der Waals surface area contributed by atoms with Gasteiger partial charge >= 0.3 is 0 Å². The first-order chi connectivity index (χ1) is 14.2. The maximum atomic E-state index is 11.6. The van der Waals surface area contributed by atoms with Gasteiger partial charge in [0.2, 0.25) is 5.91 Å². The topological polar surface area (TPSA) is 74.5 Å². The van der Waals surface area contributed by atoms with E-state index < -0.39 is 0 Å². The van der Waals surface area contributed by atoms with Crippen LogP contribution in [0.5, 0.6) is 0 Å². The molecule has 0 saturated carbocycles. The third-order valence-corrected chi connectivity index (χ3v) is 5.51. The number of amides is 1. The Morgan fingerprint density at radius 3 is 2.69 bits per heavy atom. The number of rotatable bonds is 7. The zero-order valence-electron chi connectivity index (χ0n) is 17.5. The quantitative estimate of drug-likeness (QED) is 0.554. The van der Waals surface area contributed by atoms with Crippen LogP contribution in [0.15, 0.2) is 47.7 Å². The third kappa shape index (κ3) is 6.07. The number of nitrogens with zero attached hydrogens (tertiary/aromatic N) is 4. The van der Waals surface area contributed by atoms with E-state index in [1.807, 2.05) is 25.5 Å². The van der Waals surface area contributed by atoms with Crippen molar-refractivity contribution >= 4 is 11.9 Å². The van der Waals surface area contributed by atoms with Crippen molar-refractivity contribution in [2.75, 3.05) is 33.7 Å². The van der Waals surface area contributed by atoms with Crippen molar-refractivity contribution < 1.29 is 4.79 Å². The van der Waals surface area contributed by atoms with Gasteiger partial charge in [-0.05, 0) is 24.3 Å². The molecule has 2 aromatic rings. The monoisotopic (exact) mass is 396 g/mol. The summed E-state index contributed by atoms with van der Waals surface area (Å²) in [5.41, 5.74) is 1.27. The van der Waals surface area contributed by atoms with Crippen LogP contribution in [0, 0.1) is 5.92 Å². The van der Waals surface area contributed by atoms with Crippen molar-refractivity contribution in [2.24, 2.45) is 10.9 Å². The van der Waals surface area contributed by atoms with Crippen molar-refractivity contribution in [1.82, 2.24) is 25.1 Å². The highest BCUT2D eigenvalue weighted by Crippen LogP contribution is 2.20. The molecular weight excluding hydrogens is 364 g/mol. The molecule has 2 heterocycles. The summed E-state index contributed by atoms with van der Waals surface area (Å²) in [7, 11) is 3.53. The van der Waals surface area contributed by atoms with Crippen LogP contribution in [-0.2, 0) is 17.8 Å². The summed E-state index contributed by atoms with van der Waals surface area (Å²) in [6.07, 6.45) is 7.41. The number of nitrogens with one attached hydrogen (secondary N) is 2. The van der Waals surface area contributed by atoms with Crippen LogP contribution in [0.1, 0.15) is 30.7 Å². The predicted octanol–water partition coefficient (Wildman–Crippen LogP) is 1.90. The van der Waals surface area contributed by atoms with E-state index >= 15 is 0 Å². The number of hydrogen-bond acceptors (Lipinski definition) is 3. The molecule has 1 aromatic carbocycles. The fourth-order valence-corrected chi connectivity index (χ4v) is 3.82. The van der Waals surface area contributed by atoms with Gasteiger partial charge < -0.3 is 20.1 Å². The second-order valence-corrected chi connectivity index (χ2v) is 7.49. The summed E-state index contributed by atoms with van der Waals surface area (Å²) in [6.45, 7) is 3.49. The highest BCUT2D eigenvalue weighted by molar-refractivity contribution is 5.80. The largest absolute Gasteiger partial charge is 0.359 e. The molecule has 7 heteroatoms. The van der Waals surface area contributed by atoms with Gasteiger partial charge in [0.1, 0.15) is 5.82 Å². The number of carbonyl (C=O) groups is 1. The van der Waals surface area contributed by atoms with E-state index in [2.05, 4.69) is 54.3 Å². The Morgan fingerprint density at radius 1 is 1.24 bits per heavy atom. The van der Waals surface area contributed by atoms with Crippen LogP contribution in [-0.4, -0.2) is 60.0 Å². The molecule has 29 heavy (non-hydrogen) atoms. The maximum absolute atomic E-state index is 11.6. The van der Waals surface area contributed by atoms with E-state index in [1.165, 1.54) is 5.56 Å². The van der Waals surface area contributed by atoms with Gasteiger partial charge in [-0.3, -0.25) is 9.79 Å². The number of aliphatic imine (C=N–C) groups is 1. The lowest BCUT2D eigenvalue weighted by molar-refractivity contribution is -0.121. The molecule has 156 valence electrons. The van der Waals surface area contributed by atoms with Gasteiger partial charge in [0.05, 0.1) is 0 Å². The Kier molecular flexibility index (Phi) is 7.67. The molecule has 1 saturated heterocycles. The first kappa shape index (κ1) is 20.9. The highest BCUT2D eigenvalue weighted by atomic mass is 16.1. The number of aromatic nitrogens is 2. The maximum Gasteiger partial charge on any atom is 0.220 e. The van der Waals surface area contributed by atoms with Crippen molar-refractivity contribution in [3.05, 3.63) is 54.1 Å². The van der Waals surface area contributed by atoms with E-state index in [-0.39, 0.29) is 5.91 Å². The smallest absolute Gasteiger partial charge is 0.220 e. The molecular formula is C22H32N6O. The Hall–Kier alpha value is -2.83. The van der Waals surface area contributed by atoms with E-state index in [9.17, 15) is 4.79 Å². The third-order valence-electron chi connectivity index (χ3n) is 5.51. The van der Waals surface area contributed by atoms with Crippen molar-refractivity contribution in [3.63, 3.8) is 0 Å². The first-order valence-electron chi connectivity index (χ1n) is 10.4. The van der Waals surface area contributed by atoms with Crippen LogP contribution >= 0.6 is 0 Å². The summed E-state index contributed by atoms with van der Waals surface area (Å²) in [5.74, 6) is 2.61. The number of hydrogen-bond donors (Lipinski definition) is 2. The minimum Gasteiger partial charge on any atom is -0.359 e. The normalized spacial score (nSPS) is 15.4. The summed E-state index contributed by atoms with van der Waals surface area (Å²) in [4.78, 5) is 22.8. The Labute approximate surface area is 173 Å². The number of carbonyl (C=O) groups excluding carboxylic acids is 1. The molecule has 0 atom stereocenters. The van der Waals surface area contributed by atoms with Crippen LogP contribution in [0.3, 0.4) is 0 Å². The molecule has 1 aromatic heterocycles. The number of guanidine groups is 1. The van der Waals surface area contributed by atoms with E-state index in [4.69, 9.17) is 0 Å². The van der Waals surface area contributed by atoms with Crippen LogP contribution in [0.4, 0.5) is 0 Å². The summed E-state index contributed by atoms with van der Waals surface area (Å²) >= 11 is 0. The van der Waals surface area contributed by atoms with Gasteiger partial charge in [-0.25, -0.2) is 4.98 Å². The molecule has 2 N–H and O–H groups in total. The molecule has 3 rings (SSSR count). The average molecular weight is 397 g/mol. The number of imidazole rings is 1. The molecule has 0 aliphatic carbocycles. The van der Waals surface area contributed by atoms with Gasteiger partial charge in [0, 0.05) is 65.5 Å². The van der Waals surface area contributed by atoms with Crippen LogP contribution in [0.2, 0.25) is 0 Å². The summed E-state index contributed by atoms with van der Waals surface area (Å²) in [6, 6.07) is 10.4. The SMILES string of the molecule is CN=C(NCCc1nccn1Cc1ccccc1)N1CCC(CC(=O)NC)CC1. The number of likely N-dealkylation sites (tertiary alicyclic amines) is 1. The van der Waals surface area contributed by atoms with Gasteiger partial charge in [0.25, 0.3) is 0 Å². The lowest BCUT2D eigenvalue weighted by Crippen LogP contribution is -2.46. The Morgan fingerprint density at radius 2 is 2.00 bits per heavy atom. The van der Waals surface area contributed by atoms with Gasteiger partial charge in [0.15, 0.2) is 5.96 Å². The lowest BCUT2D eigenvalue weighted by atomic mass is 9.93. The first-order valence-corrected chi connectivity index (χ1v) is 10.4. The molecule has 0 spiro atoms. The molecule has 1 amide bonds. The Bertz CT molecular complexity index is 793. The minimum absolute atomic E-state index is 0.136. The van der Waals surface area contributed by atoms with Crippen LogP contribution < -0.4 is 10.6 Å². The second-order valence-electron chi connectivity index (χ2n) is 7.49.